The first-order valence-electron chi connectivity index (χ1n) is 13.8. The summed E-state index contributed by atoms with van der Waals surface area (Å²) in [6.45, 7) is 7.91. The number of aliphatic carboxylic acids is 1. The van der Waals surface area contributed by atoms with E-state index in [1.807, 2.05) is 34.5 Å². The number of anilines is 1. The number of fused-ring (bicyclic) bond motifs is 1. The highest BCUT2D eigenvalue weighted by Gasteiger charge is 2.58. The van der Waals surface area contributed by atoms with Crippen LogP contribution in [-0.4, -0.2) is 77.6 Å². The Morgan fingerprint density at radius 3 is 2.73 bits per heavy atom. The van der Waals surface area contributed by atoms with Crippen molar-refractivity contribution < 1.29 is 19.5 Å². The Morgan fingerprint density at radius 2 is 2.02 bits per heavy atom. The number of aliphatic imine (C=N–C) groups is 1. The minimum atomic E-state index is -1.41. The Morgan fingerprint density at radius 1 is 1.25 bits per heavy atom. The second-order valence-electron chi connectivity index (χ2n) is 10.9. The van der Waals surface area contributed by atoms with E-state index in [1.54, 1.807) is 37.5 Å². The first-order chi connectivity index (χ1) is 19.2. The Bertz CT molecular complexity index is 1350. The van der Waals surface area contributed by atoms with Crippen molar-refractivity contribution in [2.45, 2.75) is 51.7 Å². The first-order valence-corrected chi connectivity index (χ1v) is 14.7. The lowest BCUT2D eigenvalue weighted by molar-refractivity contribution is -0.155. The van der Waals surface area contributed by atoms with Crippen LogP contribution in [0.25, 0.3) is 10.2 Å². The summed E-state index contributed by atoms with van der Waals surface area (Å²) in [7, 11) is 0. The number of thiazole rings is 1. The molecular weight excluding hydrogens is 530 g/mol. The van der Waals surface area contributed by atoms with E-state index in [9.17, 15) is 19.5 Å². The smallest absolute Gasteiger partial charge is 0.318 e. The van der Waals surface area contributed by atoms with Gasteiger partial charge in [0.15, 0.2) is 0 Å². The molecule has 0 radical (unpaired) electrons. The SMILES string of the molecule is CCNC(=O)NC1(C2CNCCC2(C)C(=O)O)N=CC=CN1c1cc(C2CCN(C(C)=O)CC2)c2scnc2c1. The molecule has 1 aromatic heterocycles. The van der Waals surface area contributed by atoms with Crippen LogP contribution in [0.4, 0.5) is 10.5 Å². The maximum atomic E-state index is 13.1. The Hall–Kier alpha value is -3.51. The van der Waals surface area contributed by atoms with Crippen molar-refractivity contribution in [3.05, 3.63) is 35.5 Å². The fraction of sp³-hybridized carbons (Fsp3) is 0.536. The molecule has 2 fully saturated rings. The second kappa shape index (κ2) is 11.2. The third kappa shape index (κ3) is 4.94. The molecule has 40 heavy (non-hydrogen) atoms. The minimum Gasteiger partial charge on any atom is -0.481 e. The Labute approximate surface area is 237 Å². The van der Waals surface area contributed by atoms with Crippen LogP contribution < -0.4 is 20.9 Å². The van der Waals surface area contributed by atoms with Gasteiger partial charge in [0.25, 0.3) is 0 Å². The molecule has 0 saturated carbocycles. The number of aromatic nitrogens is 1. The van der Waals surface area contributed by atoms with Crippen molar-refractivity contribution in [3.63, 3.8) is 0 Å². The van der Waals surface area contributed by atoms with Crippen LogP contribution in [0, 0.1) is 11.3 Å². The lowest BCUT2D eigenvalue weighted by Crippen LogP contribution is -2.71. The van der Waals surface area contributed by atoms with Crippen molar-refractivity contribution in [2.75, 3.05) is 37.6 Å². The number of carboxylic acids is 1. The zero-order valence-corrected chi connectivity index (χ0v) is 24.0. The summed E-state index contributed by atoms with van der Waals surface area (Å²) < 4.78 is 1.10. The van der Waals surface area contributed by atoms with Gasteiger partial charge in [0, 0.05) is 51.2 Å². The van der Waals surface area contributed by atoms with Gasteiger partial charge >= 0.3 is 12.0 Å². The highest BCUT2D eigenvalue weighted by atomic mass is 32.1. The molecular formula is C28H37N7O4S. The maximum absolute atomic E-state index is 13.1. The zero-order valence-electron chi connectivity index (χ0n) is 23.1. The highest BCUT2D eigenvalue weighted by molar-refractivity contribution is 7.17. The summed E-state index contributed by atoms with van der Waals surface area (Å²) in [5.74, 6) is -2.61. The zero-order chi connectivity index (χ0) is 28.5. The molecule has 11 nitrogen and oxygen atoms in total. The molecule has 0 spiro atoms. The van der Waals surface area contributed by atoms with Crippen molar-refractivity contribution in [1.29, 1.82) is 0 Å². The number of likely N-dealkylation sites (tertiary alicyclic amines) is 1. The number of nitrogens with zero attached hydrogens (tertiary/aromatic N) is 4. The van der Waals surface area contributed by atoms with E-state index in [0.29, 0.717) is 39.1 Å². The van der Waals surface area contributed by atoms with E-state index < -0.39 is 29.1 Å². The number of piperidine rings is 2. The van der Waals surface area contributed by atoms with Crippen molar-refractivity contribution >= 4 is 51.4 Å². The topological polar surface area (TPSA) is 139 Å². The predicted molar refractivity (Wildman–Crippen MR) is 156 cm³/mol. The monoisotopic (exact) mass is 567 g/mol. The van der Waals surface area contributed by atoms with E-state index in [1.165, 1.54) is 0 Å². The van der Waals surface area contributed by atoms with Gasteiger partial charge in [0.1, 0.15) is 0 Å². The third-order valence-electron chi connectivity index (χ3n) is 8.61. The molecule has 3 aliphatic rings. The summed E-state index contributed by atoms with van der Waals surface area (Å²) in [4.78, 5) is 51.1. The van der Waals surface area contributed by atoms with E-state index in [2.05, 4.69) is 27.0 Å². The maximum Gasteiger partial charge on any atom is 0.318 e. The number of rotatable bonds is 6. The molecule has 3 aliphatic heterocycles. The van der Waals surface area contributed by atoms with Gasteiger partial charge in [-0.15, -0.1) is 11.3 Å². The van der Waals surface area contributed by atoms with Gasteiger partial charge in [-0.25, -0.2) is 14.8 Å². The molecule has 0 aliphatic carbocycles. The number of amides is 3. The van der Waals surface area contributed by atoms with Crippen LogP contribution in [-0.2, 0) is 9.59 Å². The van der Waals surface area contributed by atoms with Crippen LogP contribution in [0.2, 0.25) is 0 Å². The number of nitrogens with one attached hydrogen (secondary N) is 3. The number of benzene rings is 1. The normalized spacial score (nSPS) is 27.1. The van der Waals surface area contributed by atoms with Gasteiger partial charge < -0.3 is 25.5 Å². The third-order valence-corrected chi connectivity index (χ3v) is 9.50. The molecule has 3 amide bonds. The fourth-order valence-electron chi connectivity index (χ4n) is 6.31. The average molecular weight is 568 g/mol. The first kappa shape index (κ1) is 28.0. The minimum absolute atomic E-state index is 0.0928. The Kier molecular flexibility index (Phi) is 7.83. The molecule has 12 heteroatoms. The quantitative estimate of drug-likeness (QED) is 0.421. The van der Waals surface area contributed by atoms with Gasteiger partial charge in [-0.05, 0) is 69.3 Å². The van der Waals surface area contributed by atoms with Gasteiger partial charge in [0.2, 0.25) is 11.7 Å². The van der Waals surface area contributed by atoms with Gasteiger partial charge in [0.05, 0.1) is 27.1 Å². The second-order valence-corrected chi connectivity index (χ2v) is 11.8. The Balaban J connectivity index is 1.62. The average Bonchev–Trinajstić information content (AvgIpc) is 3.42. The standard InChI is InChI=1S/C28H37N7O4S/c1-4-30-26(39)33-28(23-16-29-10-8-27(23,3)25(37)38)32-9-5-11-35(28)20-14-21(24-22(15-20)31-17-40-24)19-6-12-34(13-7-19)18(2)36/h5,9,11,14-15,17,19,23,29H,4,6-8,10,12-13,16H2,1-3H3,(H,37,38)(H2,30,33,39). The van der Waals surface area contributed by atoms with Gasteiger partial charge in [-0.1, -0.05) is 0 Å². The molecule has 3 atom stereocenters. The van der Waals surface area contributed by atoms with Crippen LogP contribution in [0.5, 0.6) is 0 Å². The van der Waals surface area contributed by atoms with Crippen LogP contribution in [0.15, 0.2) is 34.9 Å². The number of hydrogen-bond donors (Lipinski definition) is 4. The number of allylic oxidation sites excluding steroid dienone is 1. The van der Waals surface area contributed by atoms with Crippen molar-refractivity contribution in [1.82, 2.24) is 25.8 Å². The summed E-state index contributed by atoms with van der Waals surface area (Å²) in [6, 6.07) is 3.68. The molecule has 4 heterocycles. The van der Waals surface area contributed by atoms with Crippen LogP contribution in [0.1, 0.15) is 51.5 Å². The molecule has 4 N–H and O–H groups in total. The van der Waals surface area contributed by atoms with E-state index >= 15 is 0 Å². The molecule has 1 aromatic carbocycles. The molecule has 5 rings (SSSR count). The van der Waals surface area contributed by atoms with Gasteiger partial charge in [-0.2, -0.15) is 0 Å². The lowest BCUT2D eigenvalue weighted by atomic mass is 9.68. The van der Waals surface area contributed by atoms with E-state index in [-0.39, 0.29) is 11.8 Å². The fourth-order valence-corrected chi connectivity index (χ4v) is 7.18. The van der Waals surface area contributed by atoms with E-state index in [4.69, 9.17) is 4.99 Å². The molecule has 3 unspecified atom stereocenters. The largest absolute Gasteiger partial charge is 0.481 e. The number of hydrogen-bond acceptors (Lipinski definition) is 8. The van der Waals surface area contributed by atoms with Crippen LogP contribution >= 0.6 is 11.3 Å². The number of urea groups is 1. The number of carbonyl (C=O) groups excluding carboxylic acids is 2. The predicted octanol–water partition coefficient (Wildman–Crippen LogP) is 3.10. The highest BCUT2D eigenvalue weighted by Crippen LogP contribution is 2.46. The lowest BCUT2D eigenvalue weighted by Gasteiger charge is -2.53. The van der Waals surface area contributed by atoms with Crippen molar-refractivity contribution in [2.24, 2.45) is 16.3 Å². The summed E-state index contributed by atoms with van der Waals surface area (Å²) in [5, 5.41) is 19.6. The van der Waals surface area contributed by atoms with Crippen molar-refractivity contribution in [3.8, 4) is 0 Å². The summed E-state index contributed by atoms with van der Waals surface area (Å²) in [5.41, 5.74) is 3.43. The van der Waals surface area contributed by atoms with E-state index in [0.717, 1.165) is 34.3 Å². The van der Waals surface area contributed by atoms with Crippen LogP contribution in [0.3, 0.4) is 0 Å². The molecule has 2 saturated heterocycles. The summed E-state index contributed by atoms with van der Waals surface area (Å²) in [6.07, 6.45) is 7.35. The number of carbonyl (C=O) groups is 3. The van der Waals surface area contributed by atoms with Gasteiger partial charge in [-0.3, -0.25) is 14.9 Å². The molecule has 2 aromatic rings. The molecule has 214 valence electrons. The number of carboxylic acid groups (broad SMARTS) is 1. The summed E-state index contributed by atoms with van der Waals surface area (Å²) >= 11 is 1.59. The molecule has 0 bridgehead atoms.